The highest BCUT2D eigenvalue weighted by molar-refractivity contribution is 14.1. The Bertz CT molecular complexity index is 1080. The summed E-state index contributed by atoms with van der Waals surface area (Å²) in [7, 11) is 0. The molecule has 2 aromatic carbocycles. The van der Waals surface area contributed by atoms with Gasteiger partial charge >= 0.3 is 5.97 Å². The molecule has 1 aromatic heterocycles. The Morgan fingerprint density at radius 3 is 2.69 bits per heavy atom. The van der Waals surface area contributed by atoms with E-state index >= 15 is 0 Å². The number of halogens is 1. The first-order valence-corrected chi connectivity index (χ1v) is 12.6. The van der Waals surface area contributed by atoms with Crippen molar-refractivity contribution in [2.45, 2.75) is 52.0 Å². The quantitative estimate of drug-likeness (QED) is 0.215. The first kappa shape index (κ1) is 24.9. The van der Waals surface area contributed by atoms with Crippen LogP contribution in [0, 0.1) is 3.57 Å². The van der Waals surface area contributed by atoms with E-state index in [4.69, 9.17) is 13.9 Å². The summed E-state index contributed by atoms with van der Waals surface area (Å²) >= 11 is 1.10. The summed E-state index contributed by atoms with van der Waals surface area (Å²) in [6.07, 6.45) is 0.598. The molecule has 32 heavy (non-hydrogen) atoms. The minimum atomic E-state index is -1.16. The lowest BCUT2D eigenvalue weighted by Gasteiger charge is -2.23. The van der Waals surface area contributed by atoms with E-state index in [0.717, 1.165) is 37.2 Å². The highest BCUT2D eigenvalue weighted by Gasteiger charge is 2.26. The molecular formula is C24H28INO5S. The van der Waals surface area contributed by atoms with Crippen molar-refractivity contribution in [2.75, 3.05) is 6.61 Å². The minimum absolute atomic E-state index is 0.286. The molecule has 172 valence electrons. The van der Waals surface area contributed by atoms with Crippen LogP contribution >= 0.6 is 22.6 Å². The van der Waals surface area contributed by atoms with Gasteiger partial charge in [0, 0.05) is 30.1 Å². The molecule has 0 aliphatic carbocycles. The van der Waals surface area contributed by atoms with Crippen molar-refractivity contribution in [1.82, 2.24) is 4.72 Å². The van der Waals surface area contributed by atoms with E-state index in [1.54, 1.807) is 0 Å². The standard InChI is InChI=1S/C24H28INO5S/c1-16(27)29-10-9-18-7-5-6-8-22(18)30-15-17-11-19-13-20(31-23(19)21(25)12-17)14-26-32(28)24(2,3)4/h5-8,11-13,26H,9-10,14-15H2,1-4H3. The number of esters is 1. The van der Waals surface area contributed by atoms with Gasteiger partial charge in [-0.1, -0.05) is 18.2 Å². The van der Waals surface area contributed by atoms with E-state index in [9.17, 15) is 9.35 Å². The van der Waals surface area contributed by atoms with Gasteiger partial charge < -0.3 is 18.4 Å². The molecule has 0 saturated heterocycles. The van der Waals surface area contributed by atoms with Crippen LogP contribution in [0.25, 0.3) is 11.0 Å². The Morgan fingerprint density at radius 2 is 1.97 bits per heavy atom. The normalized spacial score (nSPS) is 12.7. The molecule has 0 amide bonds. The van der Waals surface area contributed by atoms with E-state index in [2.05, 4.69) is 27.3 Å². The van der Waals surface area contributed by atoms with Gasteiger partial charge in [0.05, 0.1) is 16.7 Å². The van der Waals surface area contributed by atoms with Crippen molar-refractivity contribution in [1.29, 1.82) is 0 Å². The van der Waals surface area contributed by atoms with E-state index in [1.807, 2.05) is 63.2 Å². The molecule has 1 N–H and O–H groups in total. The number of hydrogen-bond acceptors (Lipinski definition) is 6. The van der Waals surface area contributed by atoms with Crippen molar-refractivity contribution in [3.05, 3.63) is 62.9 Å². The highest BCUT2D eigenvalue weighted by Crippen LogP contribution is 2.28. The second kappa shape index (κ2) is 10.9. The van der Waals surface area contributed by atoms with Crippen LogP contribution in [0.15, 0.2) is 46.9 Å². The number of nitrogens with one attached hydrogen (secondary N) is 1. The van der Waals surface area contributed by atoms with Crippen molar-refractivity contribution >= 4 is 50.9 Å². The molecule has 0 saturated carbocycles. The third kappa shape index (κ3) is 6.87. The Hall–Kier alpha value is -1.75. The monoisotopic (exact) mass is 569 g/mol. The zero-order chi connectivity index (χ0) is 23.3. The lowest BCUT2D eigenvalue weighted by molar-refractivity contribution is -0.140. The molecule has 0 aliphatic rings. The zero-order valence-corrected chi connectivity index (χ0v) is 21.7. The van der Waals surface area contributed by atoms with E-state index in [0.29, 0.717) is 26.2 Å². The van der Waals surface area contributed by atoms with Gasteiger partial charge in [0.15, 0.2) is 0 Å². The molecule has 3 aromatic rings. The van der Waals surface area contributed by atoms with Gasteiger partial charge in [-0.2, -0.15) is 0 Å². The van der Waals surface area contributed by atoms with Gasteiger partial charge in [-0.15, -0.1) is 4.72 Å². The fraction of sp³-hybridized carbons (Fsp3) is 0.375. The number of carbonyl (C=O) groups is 1. The van der Waals surface area contributed by atoms with Crippen LogP contribution in [-0.4, -0.2) is 21.9 Å². The summed E-state index contributed by atoms with van der Waals surface area (Å²) < 4.78 is 33.0. The Morgan fingerprint density at radius 1 is 1.22 bits per heavy atom. The second-order valence-corrected chi connectivity index (χ2v) is 11.6. The Balaban J connectivity index is 1.68. The summed E-state index contributed by atoms with van der Waals surface area (Å²) in [5.74, 6) is 1.23. The average Bonchev–Trinajstić information content (AvgIpc) is 3.14. The molecule has 8 heteroatoms. The van der Waals surface area contributed by atoms with Gasteiger partial charge in [-0.25, -0.2) is 0 Å². The molecule has 0 aliphatic heterocycles. The Labute approximate surface area is 205 Å². The van der Waals surface area contributed by atoms with E-state index in [-0.39, 0.29) is 10.7 Å². The van der Waals surface area contributed by atoms with E-state index < -0.39 is 11.4 Å². The molecule has 0 spiro atoms. The fourth-order valence-corrected chi connectivity index (χ4v) is 4.59. The van der Waals surface area contributed by atoms with Crippen molar-refractivity contribution in [3.8, 4) is 5.75 Å². The first-order chi connectivity index (χ1) is 15.1. The van der Waals surface area contributed by atoms with Crippen LogP contribution in [0.3, 0.4) is 0 Å². The summed E-state index contributed by atoms with van der Waals surface area (Å²) in [6.45, 7) is 8.32. The first-order valence-electron chi connectivity index (χ1n) is 10.3. The molecule has 6 nitrogen and oxygen atoms in total. The Kier molecular flexibility index (Phi) is 8.49. The van der Waals surface area contributed by atoms with E-state index in [1.165, 1.54) is 6.92 Å². The molecule has 0 fully saturated rings. The lowest BCUT2D eigenvalue weighted by Crippen LogP contribution is -2.38. The van der Waals surface area contributed by atoms with Crippen LogP contribution < -0.4 is 9.46 Å². The van der Waals surface area contributed by atoms with Crippen LogP contribution in [0.1, 0.15) is 44.6 Å². The number of rotatable bonds is 9. The van der Waals surface area contributed by atoms with Gasteiger partial charge in [-0.3, -0.25) is 4.79 Å². The van der Waals surface area contributed by atoms with Crippen LogP contribution in [0.2, 0.25) is 0 Å². The van der Waals surface area contributed by atoms with Crippen LogP contribution in [0.5, 0.6) is 5.75 Å². The third-order valence-electron chi connectivity index (χ3n) is 4.66. The zero-order valence-electron chi connectivity index (χ0n) is 18.7. The highest BCUT2D eigenvalue weighted by atomic mass is 127. The molecule has 3 rings (SSSR count). The maximum Gasteiger partial charge on any atom is 0.302 e. The number of benzene rings is 2. The van der Waals surface area contributed by atoms with Crippen LogP contribution in [-0.2, 0) is 40.5 Å². The fourth-order valence-electron chi connectivity index (χ4n) is 3.06. The molecular weight excluding hydrogens is 541 g/mol. The molecule has 1 atom stereocenters. The lowest BCUT2D eigenvalue weighted by atomic mass is 10.1. The number of furan rings is 1. The van der Waals surface area contributed by atoms with Crippen molar-refractivity contribution < 1.29 is 23.2 Å². The molecule has 0 bridgehead atoms. The molecule has 0 radical (unpaired) electrons. The predicted molar refractivity (Wildman–Crippen MR) is 135 cm³/mol. The topological polar surface area (TPSA) is 83.8 Å². The number of carbonyl (C=O) groups excluding carboxylic acids is 1. The summed E-state index contributed by atoms with van der Waals surface area (Å²) in [6, 6.07) is 13.8. The van der Waals surface area contributed by atoms with Gasteiger partial charge in [0.25, 0.3) is 0 Å². The number of para-hydroxylation sites is 1. The summed E-state index contributed by atoms with van der Waals surface area (Å²) in [5.41, 5.74) is 2.83. The maximum atomic E-state index is 12.2. The van der Waals surface area contributed by atoms with Gasteiger partial charge in [0.2, 0.25) is 0 Å². The number of fused-ring (bicyclic) bond motifs is 1. The predicted octanol–water partition coefficient (Wildman–Crippen LogP) is 5.27. The molecule has 1 unspecified atom stereocenters. The van der Waals surface area contributed by atoms with Gasteiger partial charge in [0.1, 0.15) is 28.4 Å². The smallest absolute Gasteiger partial charge is 0.302 e. The third-order valence-corrected chi connectivity index (χ3v) is 6.98. The molecule has 1 heterocycles. The largest absolute Gasteiger partial charge is 0.598 e. The summed E-state index contributed by atoms with van der Waals surface area (Å²) in [4.78, 5) is 11.0. The number of hydrogen-bond donors (Lipinski definition) is 1. The second-order valence-electron chi connectivity index (χ2n) is 8.40. The number of ether oxygens (including phenoxy) is 2. The average molecular weight is 569 g/mol. The SMILES string of the molecule is CC(=O)OCCc1ccccc1OCc1cc(I)c2oc(CN[S+]([O-])C(C)(C)C)cc2c1. The summed E-state index contributed by atoms with van der Waals surface area (Å²) in [5, 5.41) is 0.983. The van der Waals surface area contributed by atoms with Gasteiger partial charge in [-0.05, 0) is 78.8 Å². The minimum Gasteiger partial charge on any atom is -0.598 e. The van der Waals surface area contributed by atoms with Crippen LogP contribution in [0.4, 0.5) is 0 Å². The maximum absolute atomic E-state index is 12.2. The van der Waals surface area contributed by atoms with Crippen molar-refractivity contribution in [2.24, 2.45) is 0 Å². The van der Waals surface area contributed by atoms with Crippen molar-refractivity contribution in [3.63, 3.8) is 0 Å².